The van der Waals surface area contributed by atoms with Crippen LogP contribution in [-0.4, -0.2) is 47.8 Å². The Kier molecular flexibility index (Phi) is 5.99. The van der Waals surface area contributed by atoms with Crippen molar-refractivity contribution < 1.29 is 14.3 Å². The predicted octanol–water partition coefficient (Wildman–Crippen LogP) is 2.67. The number of H-pyrrole nitrogens is 1. The summed E-state index contributed by atoms with van der Waals surface area (Å²) in [6.45, 7) is 2.51. The number of nitrogens with two attached hydrogens (primary N) is 1. The van der Waals surface area contributed by atoms with Gasteiger partial charge in [-0.15, -0.1) is 0 Å². The number of aromatic amines is 1. The highest BCUT2D eigenvalue weighted by Gasteiger charge is 2.35. The third-order valence-electron chi connectivity index (χ3n) is 5.55. The molecule has 156 valence electrons. The van der Waals surface area contributed by atoms with Gasteiger partial charge in [-0.25, -0.2) is 0 Å². The predicted molar refractivity (Wildman–Crippen MR) is 113 cm³/mol. The lowest BCUT2D eigenvalue weighted by Gasteiger charge is -2.18. The minimum absolute atomic E-state index is 0.174. The topological polar surface area (TPSA) is 93.5 Å². The summed E-state index contributed by atoms with van der Waals surface area (Å²) in [6, 6.07) is 18.5. The molecular weight excluding hydrogens is 380 g/mol. The van der Waals surface area contributed by atoms with Crippen LogP contribution in [0.1, 0.15) is 28.7 Å². The van der Waals surface area contributed by atoms with Crippen molar-refractivity contribution in [3.8, 4) is 11.5 Å². The van der Waals surface area contributed by atoms with E-state index in [9.17, 15) is 4.79 Å². The minimum Gasteiger partial charge on any atom is -0.493 e. The number of ether oxygens (including phenoxy) is 2. The molecule has 30 heavy (non-hydrogen) atoms. The zero-order chi connectivity index (χ0) is 20.9. The van der Waals surface area contributed by atoms with E-state index in [4.69, 9.17) is 15.2 Å². The highest BCUT2D eigenvalue weighted by molar-refractivity contribution is 5.75. The Morgan fingerprint density at radius 2 is 1.93 bits per heavy atom. The Hall–Kier alpha value is -3.32. The van der Waals surface area contributed by atoms with E-state index in [2.05, 4.69) is 51.5 Å². The van der Waals surface area contributed by atoms with Crippen LogP contribution in [0.3, 0.4) is 0 Å². The quantitative estimate of drug-likeness (QED) is 0.600. The van der Waals surface area contributed by atoms with Crippen molar-refractivity contribution in [2.45, 2.75) is 18.4 Å². The molecule has 2 atom stereocenters. The van der Waals surface area contributed by atoms with Crippen molar-refractivity contribution in [3.05, 3.63) is 77.6 Å². The number of benzene rings is 2. The molecule has 1 saturated heterocycles. The maximum absolute atomic E-state index is 11.0. The Morgan fingerprint density at radius 3 is 2.63 bits per heavy atom. The first-order valence-corrected chi connectivity index (χ1v) is 9.98. The van der Waals surface area contributed by atoms with Gasteiger partial charge in [-0.2, -0.15) is 5.10 Å². The van der Waals surface area contributed by atoms with Crippen LogP contribution in [0.4, 0.5) is 0 Å². The first kappa shape index (κ1) is 20.0. The first-order valence-electron chi connectivity index (χ1n) is 9.98. The second-order valence-corrected chi connectivity index (χ2v) is 7.57. The number of nitrogens with one attached hydrogen (secondary N) is 1. The molecule has 0 bridgehead atoms. The fraction of sp³-hybridized carbons (Fsp3) is 0.304. The van der Waals surface area contributed by atoms with Gasteiger partial charge in [0.25, 0.3) is 5.91 Å². The molecule has 0 unspecified atom stereocenters. The third kappa shape index (κ3) is 4.46. The maximum Gasteiger partial charge on any atom is 0.255 e. The summed E-state index contributed by atoms with van der Waals surface area (Å²) in [7, 11) is 1.59. The van der Waals surface area contributed by atoms with Crippen LogP contribution in [0.2, 0.25) is 0 Å². The van der Waals surface area contributed by atoms with E-state index in [0.29, 0.717) is 23.3 Å². The molecule has 2 aromatic carbocycles. The molecule has 2 heterocycles. The zero-order valence-corrected chi connectivity index (χ0v) is 17.0. The smallest absolute Gasteiger partial charge is 0.255 e. The van der Waals surface area contributed by atoms with Crippen molar-refractivity contribution in [1.82, 2.24) is 15.1 Å². The SMILES string of the molecule is COc1cc(CN2C[C@@H](c3ccccc3)[C@H](c3ccn[nH]3)C2)ccc1OCC(N)=O. The van der Waals surface area contributed by atoms with Gasteiger partial charge in [0, 0.05) is 43.4 Å². The van der Waals surface area contributed by atoms with E-state index >= 15 is 0 Å². The van der Waals surface area contributed by atoms with Crippen LogP contribution in [0.5, 0.6) is 11.5 Å². The van der Waals surface area contributed by atoms with E-state index in [1.165, 1.54) is 11.3 Å². The van der Waals surface area contributed by atoms with Crippen LogP contribution in [0, 0.1) is 0 Å². The van der Waals surface area contributed by atoms with Crippen LogP contribution in [0.15, 0.2) is 60.8 Å². The number of carbonyl (C=O) groups excluding carboxylic acids is 1. The lowest BCUT2D eigenvalue weighted by molar-refractivity contribution is -0.119. The fourth-order valence-electron chi connectivity index (χ4n) is 4.18. The number of hydrogen-bond donors (Lipinski definition) is 2. The Morgan fingerprint density at radius 1 is 1.13 bits per heavy atom. The summed E-state index contributed by atoms with van der Waals surface area (Å²) in [5.74, 6) is 1.34. The zero-order valence-electron chi connectivity index (χ0n) is 17.0. The largest absolute Gasteiger partial charge is 0.493 e. The molecule has 0 aliphatic carbocycles. The van der Waals surface area contributed by atoms with Gasteiger partial charge in [-0.1, -0.05) is 36.4 Å². The van der Waals surface area contributed by atoms with Gasteiger partial charge in [-0.05, 0) is 29.3 Å². The number of rotatable bonds is 8. The molecule has 1 aliphatic rings. The molecular formula is C23H26N4O3. The highest BCUT2D eigenvalue weighted by Crippen LogP contribution is 2.39. The van der Waals surface area contributed by atoms with E-state index in [1.54, 1.807) is 7.11 Å². The highest BCUT2D eigenvalue weighted by atomic mass is 16.5. The molecule has 1 aromatic heterocycles. The normalized spacial score (nSPS) is 19.0. The molecule has 7 nitrogen and oxygen atoms in total. The average molecular weight is 406 g/mol. The van der Waals surface area contributed by atoms with Gasteiger partial charge in [0.15, 0.2) is 18.1 Å². The Labute approximate surface area is 175 Å². The molecule has 0 radical (unpaired) electrons. The number of aromatic nitrogens is 2. The van der Waals surface area contributed by atoms with Crippen LogP contribution < -0.4 is 15.2 Å². The van der Waals surface area contributed by atoms with Gasteiger partial charge in [-0.3, -0.25) is 14.8 Å². The molecule has 1 fully saturated rings. The summed E-state index contributed by atoms with van der Waals surface area (Å²) in [5, 5.41) is 7.32. The van der Waals surface area contributed by atoms with Gasteiger partial charge >= 0.3 is 0 Å². The number of nitrogens with zero attached hydrogens (tertiary/aromatic N) is 2. The van der Waals surface area contributed by atoms with E-state index in [0.717, 1.165) is 25.2 Å². The van der Waals surface area contributed by atoms with Crippen molar-refractivity contribution >= 4 is 5.91 Å². The van der Waals surface area contributed by atoms with E-state index in [1.807, 2.05) is 24.4 Å². The summed E-state index contributed by atoms with van der Waals surface area (Å²) in [4.78, 5) is 13.4. The molecule has 0 spiro atoms. The summed E-state index contributed by atoms with van der Waals surface area (Å²) >= 11 is 0. The molecule has 7 heteroatoms. The second kappa shape index (κ2) is 9.00. The van der Waals surface area contributed by atoms with Crippen molar-refractivity contribution in [2.75, 3.05) is 26.8 Å². The number of primary amides is 1. The maximum atomic E-state index is 11.0. The van der Waals surface area contributed by atoms with Crippen LogP contribution >= 0.6 is 0 Å². The summed E-state index contributed by atoms with van der Waals surface area (Å²) < 4.78 is 10.9. The summed E-state index contributed by atoms with van der Waals surface area (Å²) in [5.41, 5.74) is 8.79. The van der Waals surface area contributed by atoms with Gasteiger partial charge < -0.3 is 15.2 Å². The minimum atomic E-state index is -0.519. The van der Waals surface area contributed by atoms with E-state index in [-0.39, 0.29) is 6.61 Å². The van der Waals surface area contributed by atoms with Gasteiger partial charge in [0.1, 0.15) is 0 Å². The summed E-state index contributed by atoms with van der Waals surface area (Å²) in [6.07, 6.45) is 1.82. The number of amides is 1. The van der Waals surface area contributed by atoms with Gasteiger partial charge in [0.2, 0.25) is 0 Å². The van der Waals surface area contributed by atoms with Crippen molar-refractivity contribution in [3.63, 3.8) is 0 Å². The first-order chi connectivity index (χ1) is 14.6. The third-order valence-corrected chi connectivity index (χ3v) is 5.55. The molecule has 4 rings (SSSR count). The Balaban J connectivity index is 1.51. The Bertz CT molecular complexity index is 975. The molecule has 3 aromatic rings. The molecule has 0 saturated carbocycles. The standard InChI is InChI=1S/C23H26N4O3/c1-29-22-11-16(7-8-21(22)30-15-23(24)28)12-27-13-18(17-5-3-2-4-6-17)19(14-27)20-9-10-25-26-20/h2-11,18-19H,12-15H2,1H3,(H2,24,28)(H,25,26)/t18-,19+/m0/s1. The second-order valence-electron chi connectivity index (χ2n) is 7.57. The van der Waals surface area contributed by atoms with Crippen LogP contribution in [0.25, 0.3) is 0 Å². The molecule has 1 aliphatic heterocycles. The van der Waals surface area contributed by atoms with Crippen molar-refractivity contribution in [2.24, 2.45) is 5.73 Å². The molecule has 1 amide bonds. The number of hydrogen-bond acceptors (Lipinski definition) is 5. The van der Waals surface area contributed by atoms with Crippen molar-refractivity contribution in [1.29, 1.82) is 0 Å². The lowest BCUT2D eigenvalue weighted by atomic mass is 9.87. The number of likely N-dealkylation sites (tertiary alicyclic amines) is 1. The van der Waals surface area contributed by atoms with E-state index < -0.39 is 5.91 Å². The van der Waals surface area contributed by atoms with Gasteiger partial charge in [0.05, 0.1) is 7.11 Å². The lowest BCUT2D eigenvalue weighted by Crippen LogP contribution is -2.21. The number of carbonyl (C=O) groups is 1. The number of methoxy groups -OCH3 is 1. The van der Waals surface area contributed by atoms with Crippen LogP contribution in [-0.2, 0) is 11.3 Å². The molecule has 3 N–H and O–H groups in total. The fourth-order valence-corrected chi connectivity index (χ4v) is 4.18. The monoisotopic (exact) mass is 406 g/mol. The average Bonchev–Trinajstić information content (AvgIpc) is 3.43.